The quantitative estimate of drug-likeness (QED) is 0.935. The molecule has 3 rings (SSSR count). The molecule has 118 valence electrons. The molecule has 0 bridgehead atoms. The van der Waals surface area contributed by atoms with Gasteiger partial charge in [-0.1, -0.05) is 6.07 Å². The summed E-state index contributed by atoms with van der Waals surface area (Å²) in [6.45, 7) is 4.43. The van der Waals surface area contributed by atoms with Gasteiger partial charge in [-0.05, 0) is 50.6 Å². The molecule has 1 N–H and O–H groups in total. The summed E-state index contributed by atoms with van der Waals surface area (Å²) in [5.74, 6) is 1.46. The normalized spacial score (nSPS) is 19.6. The SMILES string of the molecule is Cc1cc(C(=O)N2CCC[C@@H]2C[C@H](O)c2cccs2)c(C)o1. The molecule has 0 unspecified atom stereocenters. The lowest BCUT2D eigenvalue weighted by molar-refractivity contribution is 0.0668. The monoisotopic (exact) mass is 319 g/mol. The Morgan fingerprint density at radius 1 is 1.55 bits per heavy atom. The molecule has 1 aliphatic heterocycles. The van der Waals surface area contributed by atoms with E-state index in [0.717, 1.165) is 30.0 Å². The van der Waals surface area contributed by atoms with Crippen molar-refractivity contribution in [3.05, 3.63) is 45.5 Å². The number of amides is 1. The minimum atomic E-state index is -0.495. The molecule has 0 spiro atoms. The van der Waals surface area contributed by atoms with Crippen LogP contribution in [0, 0.1) is 13.8 Å². The van der Waals surface area contributed by atoms with E-state index in [0.29, 0.717) is 17.7 Å². The Balaban J connectivity index is 1.73. The average Bonchev–Trinajstić information content (AvgIpc) is 3.19. The van der Waals surface area contributed by atoms with Crippen molar-refractivity contribution in [3.63, 3.8) is 0 Å². The molecule has 1 aliphatic rings. The maximum absolute atomic E-state index is 12.7. The van der Waals surface area contributed by atoms with Crippen LogP contribution < -0.4 is 0 Å². The molecule has 0 aliphatic carbocycles. The minimum Gasteiger partial charge on any atom is -0.466 e. The second-order valence-electron chi connectivity index (χ2n) is 5.89. The van der Waals surface area contributed by atoms with Crippen molar-refractivity contribution in [3.8, 4) is 0 Å². The summed E-state index contributed by atoms with van der Waals surface area (Å²) >= 11 is 1.56. The fourth-order valence-electron chi connectivity index (χ4n) is 3.20. The van der Waals surface area contributed by atoms with Crippen LogP contribution in [0.2, 0.25) is 0 Å². The highest BCUT2D eigenvalue weighted by Gasteiger charge is 2.32. The first-order chi connectivity index (χ1) is 10.6. The van der Waals surface area contributed by atoms with E-state index in [1.807, 2.05) is 42.3 Å². The third-order valence-electron chi connectivity index (χ3n) is 4.28. The molecule has 1 fully saturated rings. The molecule has 0 aromatic carbocycles. The fourth-order valence-corrected chi connectivity index (χ4v) is 3.93. The number of hydrogen-bond acceptors (Lipinski definition) is 4. The molecule has 2 aromatic rings. The van der Waals surface area contributed by atoms with Crippen LogP contribution >= 0.6 is 11.3 Å². The first-order valence-electron chi connectivity index (χ1n) is 7.65. The summed E-state index contributed by atoms with van der Waals surface area (Å²) in [5.41, 5.74) is 0.648. The summed E-state index contributed by atoms with van der Waals surface area (Å²) < 4.78 is 5.48. The highest BCUT2D eigenvalue weighted by atomic mass is 32.1. The molecule has 0 radical (unpaired) electrons. The lowest BCUT2D eigenvalue weighted by atomic mass is 10.0. The molecule has 5 heteroatoms. The Bertz CT molecular complexity index is 647. The van der Waals surface area contributed by atoms with Gasteiger partial charge >= 0.3 is 0 Å². The predicted octanol–water partition coefficient (Wildman–Crippen LogP) is 3.69. The van der Waals surface area contributed by atoms with Gasteiger partial charge in [-0.15, -0.1) is 11.3 Å². The van der Waals surface area contributed by atoms with Gasteiger partial charge in [0, 0.05) is 17.5 Å². The van der Waals surface area contributed by atoms with Gasteiger partial charge in [0.2, 0.25) is 0 Å². The molecule has 22 heavy (non-hydrogen) atoms. The number of aliphatic hydroxyl groups excluding tert-OH is 1. The smallest absolute Gasteiger partial charge is 0.257 e. The third-order valence-corrected chi connectivity index (χ3v) is 5.25. The summed E-state index contributed by atoms with van der Waals surface area (Å²) in [6.07, 6.45) is 2.04. The number of thiophene rings is 1. The van der Waals surface area contributed by atoms with Gasteiger partial charge < -0.3 is 14.4 Å². The van der Waals surface area contributed by atoms with E-state index in [-0.39, 0.29) is 11.9 Å². The maximum atomic E-state index is 12.7. The third kappa shape index (κ3) is 2.96. The second-order valence-corrected chi connectivity index (χ2v) is 6.87. The molecule has 3 heterocycles. The molecular weight excluding hydrogens is 298 g/mol. The molecule has 0 saturated carbocycles. The molecular formula is C17H21NO3S. The van der Waals surface area contributed by atoms with Crippen LogP contribution in [0.25, 0.3) is 0 Å². The Labute approximate surface area is 134 Å². The number of carbonyl (C=O) groups is 1. The van der Waals surface area contributed by atoms with Crippen LogP contribution in [0.15, 0.2) is 28.0 Å². The van der Waals surface area contributed by atoms with Crippen LogP contribution in [-0.4, -0.2) is 28.5 Å². The van der Waals surface area contributed by atoms with Gasteiger partial charge in [0.1, 0.15) is 11.5 Å². The van der Waals surface area contributed by atoms with Gasteiger partial charge in [-0.2, -0.15) is 0 Å². The average molecular weight is 319 g/mol. The number of likely N-dealkylation sites (tertiary alicyclic amines) is 1. The van der Waals surface area contributed by atoms with Crippen molar-refractivity contribution in [2.45, 2.75) is 45.3 Å². The number of rotatable bonds is 4. The Hall–Kier alpha value is -1.59. The number of hydrogen-bond donors (Lipinski definition) is 1. The topological polar surface area (TPSA) is 53.7 Å². The van der Waals surface area contributed by atoms with Crippen molar-refractivity contribution < 1.29 is 14.3 Å². The Morgan fingerprint density at radius 3 is 3.00 bits per heavy atom. The van der Waals surface area contributed by atoms with E-state index in [2.05, 4.69) is 0 Å². The largest absolute Gasteiger partial charge is 0.466 e. The van der Waals surface area contributed by atoms with Crippen molar-refractivity contribution in [2.75, 3.05) is 6.54 Å². The van der Waals surface area contributed by atoms with E-state index in [4.69, 9.17) is 4.42 Å². The fraction of sp³-hybridized carbons (Fsp3) is 0.471. The minimum absolute atomic E-state index is 0.0234. The van der Waals surface area contributed by atoms with Crippen LogP contribution in [0.4, 0.5) is 0 Å². The van der Waals surface area contributed by atoms with Crippen molar-refractivity contribution in [1.29, 1.82) is 0 Å². The predicted molar refractivity (Wildman–Crippen MR) is 86.1 cm³/mol. The molecule has 2 atom stereocenters. The number of nitrogens with zero attached hydrogens (tertiary/aromatic N) is 1. The van der Waals surface area contributed by atoms with Gasteiger partial charge in [-0.3, -0.25) is 4.79 Å². The lowest BCUT2D eigenvalue weighted by Crippen LogP contribution is -2.36. The lowest BCUT2D eigenvalue weighted by Gasteiger charge is -2.26. The Morgan fingerprint density at radius 2 is 2.36 bits per heavy atom. The first-order valence-corrected chi connectivity index (χ1v) is 8.53. The van der Waals surface area contributed by atoms with E-state index in [1.54, 1.807) is 11.3 Å². The van der Waals surface area contributed by atoms with Crippen molar-refractivity contribution in [1.82, 2.24) is 4.90 Å². The highest BCUT2D eigenvalue weighted by molar-refractivity contribution is 7.10. The van der Waals surface area contributed by atoms with Gasteiger partial charge in [0.05, 0.1) is 11.7 Å². The van der Waals surface area contributed by atoms with Crippen molar-refractivity contribution >= 4 is 17.2 Å². The summed E-state index contributed by atoms with van der Waals surface area (Å²) in [4.78, 5) is 15.6. The van der Waals surface area contributed by atoms with Crippen LogP contribution in [0.3, 0.4) is 0 Å². The number of carbonyl (C=O) groups excluding carboxylic acids is 1. The van der Waals surface area contributed by atoms with E-state index < -0.39 is 6.10 Å². The number of aryl methyl sites for hydroxylation is 2. The Kier molecular flexibility index (Phi) is 4.36. The first kappa shape index (κ1) is 15.3. The van der Waals surface area contributed by atoms with Gasteiger partial charge in [0.25, 0.3) is 5.91 Å². The van der Waals surface area contributed by atoms with Crippen LogP contribution in [0.1, 0.15) is 52.1 Å². The zero-order chi connectivity index (χ0) is 15.7. The summed E-state index contributed by atoms with van der Waals surface area (Å²) in [7, 11) is 0. The molecule has 1 saturated heterocycles. The van der Waals surface area contributed by atoms with E-state index in [1.165, 1.54) is 0 Å². The molecule has 2 aromatic heterocycles. The van der Waals surface area contributed by atoms with Crippen LogP contribution in [-0.2, 0) is 0 Å². The number of furan rings is 1. The van der Waals surface area contributed by atoms with Gasteiger partial charge in [0.15, 0.2) is 0 Å². The number of aliphatic hydroxyl groups is 1. The summed E-state index contributed by atoms with van der Waals surface area (Å²) in [6, 6.07) is 5.79. The highest BCUT2D eigenvalue weighted by Crippen LogP contribution is 2.31. The zero-order valence-electron chi connectivity index (χ0n) is 12.9. The molecule has 1 amide bonds. The van der Waals surface area contributed by atoms with Crippen molar-refractivity contribution in [2.24, 2.45) is 0 Å². The van der Waals surface area contributed by atoms with Gasteiger partial charge in [-0.25, -0.2) is 0 Å². The van der Waals surface area contributed by atoms with E-state index in [9.17, 15) is 9.90 Å². The zero-order valence-corrected chi connectivity index (χ0v) is 13.7. The van der Waals surface area contributed by atoms with E-state index >= 15 is 0 Å². The maximum Gasteiger partial charge on any atom is 0.257 e. The molecule has 4 nitrogen and oxygen atoms in total. The standard InChI is InChI=1S/C17H21NO3S/c1-11-9-14(12(2)21-11)17(20)18-7-3-5-13(18)10-15(19)16-6-4-8-22-16/h4,6,8-9,13,15,19H,3,5,7,10H2,1-2H3/t13-,15+/m1/s1. The van der Waals surface area contributed by atoms with Crippen LogP contribution in [0.5, 0.6) is 0 Å². The summed E-state index contributed by atoms with van der Waals surface area (Å²) in [5, 5.41) is 12.3. The second kappa shape index (κ2) is 6.26.